The zero-order chi connectivity index (χ0) is 50.2. The second-order valence-corrected chi connectivity index (χ2v) is 20.3. The quantitative estimate of drug-likeness (QED) is 0.0858. The summed E-state index contributed by atoms with van der Waals surface area (Å²) in [6.45, 7) is -0.160. The average molecular weight is 975 g/mol. The van der Waals surface area contributed by atoms with Gasteiger partial charge in [-0.25, -0.2) is 9.59 Å². The monoisotopic (exact) mass is 974 g/mol. The first-order chi connectivity index (χ1) is 37.5. The number of para-hydroxylation sites is 2. The molecule has 0 aromatic heterocycles. The summed E-state index contributed by atoms with van der Waals surface area (Å²) >= 11 is 0. The van der Waals surface area contributed by atoms with Crippen molar-refractivity contribution >= 4 is 90.5 Å². The van der Waals surface area contributed by atoms with Crippen molar-refractivity contribution in [2.24, 2.45) is 0 Å². The fourth-order valence-electron chi connectivity index (χ4n) is 13.0. The van der Waals surface area contributed by atoms with E-state index in [-0.39, 0.29) is 26.6 Å². The standard InChI is InChI=1S/C68H40B2O6/c71-67(73-37-39-17-5-1-6-18-39)43-29-51-47-33-45(41-21-9-3-10-22-41)49-36-56-62-48(52-30-44(68(72)74-38-40-19-7-2-8-20-40)32-60-66(52)70(56)54-26-14-16-28-58(54)76-60)34-46(42-23-11-4-12-24-42)50-35-55(61(47)63(49)64(50)62)69-53-25-13-15-27-57(53)75-59(31-43)65(51)69/h1-36H,37-38H2. The van der Waals surface area contributed by atoms with Crippen molar-refractivity contribution in [2.75, 3.05) is 0 Å². The molecule has 0 spiro atoms. The summed E-state index contributed by atoms with van der Waals surface area (Å²) in [7, 11) is 0. The largest absolute Gasteiger partial charge is 0.458 e. The first-order valence-corrected chi connectivity index (χ1v) is 25.8. The molecule has 0 radical (unpaired) electrons. The number of fused-ring (bicyclic) bond motifs is 8. The Bertz CT molecular complexity index is 4160. The summed E-state index contributed by atoms with van der Waals surface area (Å²) in [5, 5.41) is 6.84. The van der Waals surface area contributed by atoms with Crippen molar-refractivity contribution in [1.29, 1.82) is 0 Å². The van der Waals surface area contributed by atoms with Crippen LogP contribution >= 0.6 is 0 Å². The van der Waals surface area contributed by atoms with Crippen molar-refractivity contribution in [3.63, 3.8) is 0 Å². The third-order valence-corrected chi connectivity index (χ3v) is 16.2. The predicted octanol–water partition coefficient (Wildman–Crippen LogP) is 11.8. The van der Waals surface area contributed by atoms with E-state index < -0.39 is 11.9 Å². The number of carbonyl (C=O) groups excluding carboxylic acids is 2. The lowest BCUT2D eigenvalue weighted by Gasteiger charge is -2.37. The molecule has 0 amide bonds. The van der Waals surface area contributed by atoms with E-state index in [0.29, 0.717) is 22.6 Å². The van der Waals surface area contributed by atoms with Gasteiger partial charge in [0.05, 0.1) is 11.1 Å². The van der Waals surface area contributed by atoms with Crippen molar-refractivity contribution < 1.29 is 28.5 Å². The van der Waals surface area contributed by atoms with Crippen LogP contribution in [0.1, 0.15) is 31.8 Å². The Kier molecular flexibility index (Phi) is 9.25. The predicted molar refractivity (Wildman–Crippen MR) is 305 cm³/mol. The Hall–Kier alpha value is -9.65. The summed E-state index contributed by atoms with van der Waals surface area (Å²) in [4.78, 5) is 28.8. The van der Waals surface area contributed by atoms with E-state index in [1.807, 2.05) is 109 Å². The molecule has 4 aliphatic heterocycles. The van der Waals surface area contributed by atoms with Crippen LogP contribution in [0.5, 0.6) is 23.0 Å². The molecular formula is C68H40B2O6. The van der Waals surface area contributed by atoms with E-state index in [9.17, 15) is 9.59 Å². The number of carbonyl (C=O) groups is 2. The molecule has 4 aliphatic rings. The van der Waals surface area contributed by atoms with Gasteiger partial charge in [0.25, 0.3) is 13.4 Å². The Morgan fingerprint density at radius 3 is 1.14 bits per heavy atom. The molecule has 0 unspecified atom stereocenters. The lowest BCUT2D eigenvalue weighted by atomic mass is 9.31. The molecule has 6 nitrogen and oxygen atoms in total. The van der Waals surface area contributed by atoms with E-state index in [4.69, 9.17) is 18.9 Å². The van der Waals surface area contributed by atoms with Crippen LogP contribution < -0.4 is 42.3 Å². The lowest BCUT2D eigenvalue weighted by Crippen LogP contribution is -2.58. The minimum Gasteiger partial charge on any atom is -0.458 e. The van der Waals surface area contributed by atoms with Crippen LogP contribution in [0.4, 0.5) is 0 Å². The summed E-state index contributed by atoms with van der Waals surface area (Å²) in [6.07, 6.45) is 0. The minimum atomic E-state index is -0.421. The van der Waals surface area contributed by atoms with Gasteiger partial charge in [-0.1, -0.05) is 181 Å². The van der Waals surface area contributed by atoms with Crippen molar-refractivity contribution in [3.8, 4) is 67.5 Å². The Morgan fingerprint density at radius 2 is 0.724 bits per heavy atom. The second-order valence-electron chi connectivity index (χ2n) is 20.3. The molecule has 12 aromatic carbocycles. The normalized spacial score (nSPS) is 12.8. The molecule has 354 valence electrons. The molecule has 0 atom stereocenters. The van der Waals surface area contributed by atoms with Gasteiger partial charge in [0.1, 0.15) is 36.2 Å². The van der Waals surface area contributed by atoms with Crippen LogP contribution in [-0.2, 0) is 22.7 Å². The highest BCUT2D eigenvalue weighted by atomic mass is 16.5. The van der Waals surface area contributed by atoms with Crippen LogP contribution in [0.3, 0.4) is 0 Å². The SMILES string of the molecule is O=C(OCc1ccccc1)c1cc2c3c(c1)-c1cc(-c4ccccc4)c4cc5c6c(cc(-c7ccccc7)c7cc(c1c4c76)B3c1ccccc1O2)-c1cc(C(=O)OCc2ccccc2)cc2c1B5c1ccccc1O2. The van der Waals surface area contributed by atoms with Crippen LogP contribution in [-0.4, -0.2) is 25.4 Å². The summed E-state index contributed by atoms with van der Waals surface area (Å²) in [5.74, 6) is 1.95. The average Bonchev–Trinajstić information content (AvgIpc) is 3.58. The second kappa shape index (κ2) is 16.4. The number of hydrogen-bond acceptors (Lipinski definition) is 6. The first-order valence-electron chi connectivity index (χ1n) is 25.8. The molecule has 0 N–H and O–H groups in total. The molecule has 0 saturated heterocycles. The number of benzene rings is 12. The van der Waals surface area contributed by atoms with Gasteiger partial charge in [0.15, 0.2) is 0 Å². The van der Waals surface area contributed by atoms with Crippen molar-refractivity contribution in [3.05, 3.63) is 241 Å². The highest BCUT2D eigenvalue weighted by Crippen LogP contribution is 2.51. The van der Waals surface area contributed by atoms with Gasteiger partial charge < -0.3 is 18.9 Å². The molecule has 16 rings (SSSR count). The fourth-order valence-corrected chi connectivity index (χ4v) is 13.0. The van der Waals surface area contributed by atoms with Gasteiger partial charge in [-0.2, -0.15) is 0 Å². The zero-order valence-electron chi connectivity index (χ0n) is 40.8. The maximum Gasteiger partial charge on any atom is 0.338 e. The minimum absolute atomic E-state index is 0.145. The Morgan fingerprint density at radius 1 is 0.342 bits per heavy atom. The third-order valence-electron chi connectivity index (χ3n) is 16.2. The molecule has 0 aliphatic carbocycles. The van der Waals surface area contributed by atoms with E-state index >= 15 is 0 Å². The number of esters is 2. The molecular weight excluding hydrogens is 934 g/mol. The van der Waals surface area contributed by atoms with Crippen LogP contribution in [0.25, 0.3) is 76.8 Å². The lowest BCUT2D eigenvalue weighted by molar-refractivity contribution is 0.0464. The van der Waals surface area contributed by atoms with Gasteiger partial charge in [-0.3, -0.25) is 0 Å². The number of ether oxygens (including phenoxy) is 4. The third kappa shape index (κ3) is 6.31. The molecule has 0 saturated carbocycles. The summed E-state index contributed by atoms with van der Waals surface area (Å²) in [5.41, 5.74) is 17.4. The Balaban J connectivity index is 1.03. The van der Waals surface area contributed by atoms with Crippen LogP contribution in [0, 0.1) is 0 Å². The highest BCUT2D eigenvalue weighted by molar-refractivity contribution is 7.01. The fraction of sp³-hybridized carbons (Fsp3) is 0.0294. The first kappa shape index (κ1) is 42.8. The van der Waals surface area contributed by atoms with E-state index in [2.05, 4.69) is 109 Å². The van der Waals surface area contributed by atoms with E-state index in [1.54, 1.807) is 0 Å². The molecule has 0 bridgehead atoms. The maximum absolute atomic E-state index is 14.4. The summed E-state index contributed by atoms with van der Waals surface area (Å²) in [6, 6.07) is 74.9. The van der Waals surface area contributed by atoms with Gasteiger partial charge in [0.2, 0.25) is 0 Å². The van der Waals surface area contributed by atoms with E-state index in [1.165, 1.54) is 10.9 Å². The molecule has 4 heterocycles. The van der Waals surface area contributed by atoms with Gasteiger partial charge in [-0.15, -0.1) is 0 Å². The Labute approximate surface area is 438 Å². The molecule has 0 fully saturated rings. The molecule has 8 heteroatoms. The zero-order valence-corrected chi connectivity index (χ0v) is 40.8. The van der Waals surface area contributed by atoms with Crippen molar-refractivity contribution in [1.82, 2.24) is 0 Å². The topological polar surface area (TPSA) is 71.1 Å². The van der Waals surface area contributed by atoms with E-state index in [0.717, 1.165) is 121 Å². The highest BCUT2D eigenvalue weighted by Gasteiger charge is 2.45. The van der Waals surface area contributed by atoms with Crippen LogP contribution in [0.2, 0.25) is 0 Å². The smallest absolute Gasteiger partial charge is 0.338 e. The molecule has 76 heavy (non-hydrogen) atoms. The summed E-state index contributed by atoms with van der Waals surface area (Å²) < 4.78 is 25.9. The number of rotatable bonds is 8. The maximum atomic E-state index is 14.4. The van der Waals surface area contributed by atoms with Crippen LogP contribution in [0.15, 0.2) is 218 Å². The van der Waals surface area contributed by atoms with Crippen molar-refractivity contribution in [2.45, 2.75) is 13.2 Å². The van der Waals surface area contributed by atoms with Gasteiger partial charge in [0, 0.05) is 0 Å². The van der Waals surface area contributed by atoms with Gasteiger partial charge >= 0.3 is 11.9 Å². The molecule has 12 aromatic rings. The number of hydrogen-bond donors (Lipinski definition) is 0. The van der Waals surface area contributed by atoms with Gasteiger partial charge in [-0.05, 0) is 158 Å².